The largest absolute Gasteiger partial charge is 0.302 e. The Morgan fingerprint density at radius 1 is 1.44 bits per heavy atom. The number of fused-ring (bicyclic) bond motifs is 1. The van der Waals surface area contributed by atoms with E-state index in [0.717, 1.165) is 21.0 Å². The van der Waals surface area contributed by atoms with Crippen molar-refractivity contribution >= 4 is 33.3 Å². The minimum absolute atomic E-state index is 0.857. The van der Waals surface area contributed by atoms with Crippen molar-refractivity contribution in [2.75, 3.05) is 5.75 Å². The number of imidazole rings is 1. The smallest absolute Gasteiger partial charge is 0.169 e. The Balaban J connectivity index is 2.12. The summed E-state index contributed by atoms with van der Waals surface area (Å²) in [5.74, 6) is 1.11. The zero-order valence-electron chi connectivity index (χ0n) is 9.19. The van der Waals surface area contributed by atoms with Crippen LogP contribution >= 0.6 is 27.7 Å². The van der Waals surface area contributed by atoms with Gasteiger partial charge < -0.3 is 4.40 Å². The van der Waals surface area contributed by atoms with Gasteiger partial charge in [-0.05, 0) is 28.1 Å². The summed E-state index contributed by atoms with van der Waals surface area (Å²) in [5, 5.41) is 1.01. The van der Waals surface area contributed by atoms with E-state index in [2.05, 4.69) is 32.8 Å². The fraction of sp³-hybridized carbons (Fsp3) is 0.455. The van der Waals surface area contributed by atoms with Gasteiger partial charge in [-0.2, -0.15) is 0 Å². The minimum Gasteiger partial charge on any atom is -0.302 e. The molecule has 0 fully saturated rings. The first-order chi connectivity index (χ1) is 7.81. The molecule has 0 aliphatic rings. The van der Waals surface area contributed by atoms with Crippen molar-refractivity contribution in [1.82, 2.24) is 14.4 Å². The van der Waals surface area contributed by atoms with E-state index < -0.39 is 0 Å². The van der Waals surface area contributed by atoms with Gasteiger partial charge >= 0.3 is 0 Å². The quantitative estimate of drug-likeness (QED) is 0.622. The van der Waals surface area contributed by atoms with Gasteiger partial charge in [-0.15, -0.1) is 11.8 Å². The molecule has 5 heteroatoms. The average molecular weight is 300 g/mol. The van der Waals surface area contributed by atoms with Crippen molar-refractivity contribution in [2.45, 2.75) is 31.2 Å². The second-order valence-corrected chi connectivity index (χ2v) is 5.48. The molecule has 86 valence electrons. The van der Waals surface area contributed by atoms with E-state index in [1.54, 1.807) is 18.0 Å². The highest BCUT2D eigenvalue weighted by Crippen LogP contribution is 2.23. The topological polar surface area (TPSA) is 30.2 Å². The van der Waals surface area contributed by atoms with Crippen LogP contribution in [0, 0.1) is 0 Å². The summed E-state index contributed by atoms with van der Waals surface area (Å²) in [6.07, 6.45) is 9.45. The Morgan fingerprint density at radius 2 is 2.31 bits per heavy atom. The second kappa shape index (κ2) is 5.68. The summed E-state index contributed by atoms with van der Waals surface area (Å²) in [6, 6.07) is 0. The van der Waals surface area contributed by atoms with E-state index in [-0.39, 0.29) is 0 Å². The van der Waals surface area contributed by atoms with Crippen LogP contribution in [-0.2, 0) is 0 Å². The van der Waals surface area contributed by atoms with Crippen molar-refractivity contribution in [3.05, 3.63) is 23.2 Å². The van der Waals surface area contributed by atoms with E-state index in [1.165, 1.54) is 19.3 Å². The van der Waals surface area contributed by atoms with Gasteiger partial charge in [0.1, 0.15) is 9.63 Å². The maximum absolute atomic E-state index is 4.47. The lowest BCUT2D eigenvalue weighted by molar-refractivity contribution is 0.778. The molecule has 2 aromatic rings. The molecule has 16 heavy (non-hydrogen) atoms. The maximum atomic E-state index is 4.47. The van der Waals surface area contributed by atoms with E-state index >= 15 is 0 Å². The summed E-state index contributed by atoms with van der Waals surface area (Å²) >= 11 is 5.20. The molecule has 0 aromatic carbocycles. The molecule has 2 rings (SSSR count). The lowest BCUT2D eigenvalue weighted by atomic mass is 10.3. The van der Waals surface area contributed by atoms with Crippen molar-refractivity contribution in [3.63, 3.8) is 0 Å². The third kappa shape index (κ3) is 2.77. The van der Waals surface area contributed by atoms with Gasteiger partial charge in [0, 0.05) is 18.6 Å². The van der Waals surface area contributed by atoms with E-state index in [0.29, 0.717) is 0 Å². The molecule has 0 aliphatic heterocycles. The van der Waals surface area contributed by atoms with Crippen LogP contribution in [0.15, 0.2) is 28.2 Å². The van der Waals surface area contributed by atoms with Crippen LogP contribution in [0.2, 0.25) is 0 Å². The molecule has 0 amide bonds. The molecule has 0 atom stereocenters. The fourth-order valence-corrected chi connectivity index (χ4v) is 3.00. The van der Waals surface area contributed by atoms with Crippen molar-refractivity contribution in [2.24, 2.45) is 0 Å². The van der Waals surface area contributed by atoms with Crippen LogP contribution in [0.5, 0.6) is 0 Å². The molecule has 0 aliphatic carbocycles. The van der Waals surface area contributed by atoms with Crippen molar-refractivity contribution < 1.29 is 0 Å². The molecule has 3 nitrogen and oxygen atoms in total. The molecule has 0 radical (unpaired) electrons. The fourth-order valence-electron chi connectivity index (χ4n) is 1.49. The Labute approximate surface area is 108 Å². The lowest BCUT2D eigenvalue weighted by Crippen LogP contribution is -1.92. The Kier molecular flexibility index (Phi) is 4.23. The Hall–Kier alpha value is -0.550. The summed E-state index contributed by atoms with van der Waals surface area (Å²) in [7, 11) is 0. The van der Waals surface area contributed by atoms with Crippen LogP contribution in [-0.4, -0.2) is 20.1 Å². The van der Waals surface area contributed by atoms with Crippen LogP contribution in [0.1, 0.15) is 26.2 Å². The van der Waals surface area contributed by atoms with Gasteiger partial charge in [-0.1, -0.05) is 19.8 Å². The zero-order valence-corrected chi connectivity index (χ0v) is 11.6. The Morgan fingerprint density at radius 3 is 3.12 bits per heavy atom. The highest BCUT2D eigenvalue weighted by molar-refractivity contribution is 9.10. The zero-order chi connectivity index (χ0) is 11.4. The molecule has 0 saturated heterocycles. The number of thioether (sulfide) groups is 1. The first kappa shape index (κ1) is 11.9. The average Bonchev–Trinajstić information content (AvgIpc) is 2.72. The predicted octanol–water partition coefficient (Wildman–Crippen LogP) is 3.77. The number of hydrogen-bond acceptors (Lipinski definition) is 3. The molecule has 0 saturated carbocycles. The number of hydrogen-bond donors (Lipinski definition) is 0. The monoisotopic (exact) mass is 299 g/mol. The highest BCUT2D eigenvalue weighted by Gasteiger charge is 2.06. The minimum atomic E-state index is 0.857. The van der Waals surface area contributed by atoms with Gasteiger partial charge in [0.25, 0.3) is 0 Å². The number of unbranched alkanes of at least 4 members (excludes halogenated alkanes) is 2. The first-order valence-electron chi connectivity index (χ1n) is 5.43. The number of rotatable bonds is 5. The number of halogens is 1. The van der Waals surface area contributed by atoms with Crippen LogP contribution in [0.4, 0.5) is 0 Å². The molecular weight excluding hydrogens is 286 g/mol. The molecule has 2 heterocycles. The third-order valence-electron chi connectivity index (χ3n) is 2.30. The SMILES string of the molecule is CCCCCSc1nc(Br)cn2ccnc12. The molecular formula is C11H14BrN3S. The molecule has 0 unspecified atom stereocenters. The maximum Gasteiger partial charge on any atom is 0.169 e. The standard InChI is InChI=1S/C11H14BrN3S/c1-2-3-4-7-16-11-10-13-5-6-15(10)8-9(12)14-11/h5-6,8H,2-4,7H2,1H3. The number of nitrogens with zero attached hydrogens (tertiary/aromatic N) is 3. The van der Waals surface area contributed by atoms with E-state index in [9.17, 15) is 0 Å². The van der Waals surface area contributed by atoms with Gasteiger partial charge in [0.05, 0.1) is 0 Å². The second-order valence-electron chi connectivity index (χ2n) is 3.58. The predicted molar refractivity (Wildman–Crippen MR) is 70.9 cm³/mol. The van der Waals surface area contributed by atoms with Gasteiger partial charge in [-0.25, -0.2) is 9.97 Å². The van der Waals surface area contributed by atoms with E-state index in [4.69, 9.17) is 0 Å². The van der Waals surface area contributed by atoms with Gasteiger partial charge in [-0.3, -0.25) is 0 Å². The van der Waals surface area contributed by atoms with Crippen LogP contribution < -0.4 is 0 Å². The summed E-state index contributed by atoms with van der Waals surface area (Å²) < 4.78 is 2.86. The number of aromatic nitrogens is 3. The molecule has 0 N–H and O–H groups in total. The summed E-state index contributed by atoms with van der Waals surface area (Å²) in [4.78, 5) is 8.78. The molecule has 2 aromatic heterocycles. The van der Waals surface area contributed by atoms with Crippen molar-refractivity contribution in [3.8, 4) is 0 Å². The van der Waals surface area contributed by atoms with Gasteiger partial charge in [0.2, 0.25) is 0 Å². The molecule has 0 spiro atoms. The third-order valence-corrected chi connectivity index (χ3v) is 3.72. The first-order valence-corrected chi connectivity index (χ1v) is 7.21. The Bertz CT molecular complexity index is 469. The van der Waals surface area contributed by atoms with Crippen LogP contribution in [0.25, 0.3) is 5.65 Å². The van der Waals surface area contributed by atoms with E-state index in [1.807, 2.05) is 16.8 Å². The normalized spacial score (nSPS) is 11.1. The summed E-state index contributed by atoms with van der Waals surface area (Å²) in [5.41, 5.74) is 0.949. The summed E-state index contributed by atoms with van der Waals surface area (Å²) in [6.45, 7) is 2.22. The highest BCUT2D eigenvalue weighted by atomic mass is 79.9. The molecule has 0 bridgehead atoms. The van der Waals surface area contributed by atoms with Gasteiger partial charge in [0.15, 0.2) is 5.65 Å². The lowest BCUT2D eigenvalue weighted by Gasteiger charge is -2.03. The van der Waals surface area contributed by atoms with Crippen LogP contribution in [0.3, 0.4) is 0 Å². The van der Waals surface area contributed by atoms with Crippen molar-refractivity contribution in [1.29, 1.82) is 0 Å².